The van der Waals surface area contributed by atoms with Gasteiger partial charge in [-0.1, -0.05) is 0 Å². The number of amides is 1. The van der Waals surface area contributed by atoms with Crippen molar-refractivity contribution in [3.63, 3.8) is 0 Å². The minimum Gasteiger partial charge on any atom is -0.350 e. The summed E-state index contributed by atoms with van der Waals surface area (Å²) in [5.74, 6) is 0.510. The fraction of sp³-hybridized carbons (Fsp3) is 0.375. The molecule has 1 aliphatic rings. The summed E-state index contributed by atoms with van der Waals surface area (Å²) < 4.78 is 0. The molecular weight excluding hydrogens is 292 g/mol. The first-order chi connectivity index (χ1) is 11.2. The van der Waals surface area contributed by atoms with E-state index in [1.54, 1.807) is 24.8 Å². The van der Waals surface area contributed by atoms with Gasteiger partial charge < -0.3 is 15.1 Å². The molecule has 7 nitrogen and oxygen atoms in total. The monoisotopic (exact) mass is 312 g/mol. The van der Waals surface area contributed by atoms with Gasteiger partial charge >= 0.3 is 0 Å². The van der Waals surface area contributed by atoms with Crippen LogP contribution in [-0.2, 0) is 6.54 Å². The van der Waals surface area contributed by atoms with E-state index < -0.39 is 0 Å². The number of anilines is 1. The molecule has 23 heavy (non-hydrogen) atoms. The van der Waals surface area contributed by atoms with E-state index in [1.165, 1.54) is 0 Å². The largest absolute Gasteiger partial charge is 0.350 e. The number of piperazine rings is 1. The van der Waals surface area contributed by atoms with Crippen LogP contribution in [0.15, 0.2) is 36.9 Å². The van der Waals surface area contributed by atoms with E-state index >= 15 is 0 Å². The predicted octanol–water partition coefficient (Wildman–Crippen LogP) is 0.871. The molecule has 1 N–H and O–H groups in total. The van der Waals surface area contributed by atoms with E-state index in [0.717, 1.165) is 31.7 Å². The second kappa shape index (κ2) is 7.15. The minimum absolute atomic E-state index is 0.00113. The molecule has 120 valence electrons. The standard InChI is InChI=1S/C16H20N6O/c1-21-6-8-22(9-7-21)15(23)14-11-19-16(20-12-14)18-10-13-2-4-17-5-3-13/h2-5,11-12H,6-10H2,1H3,(H,18,19,20). The number of nitrogens with one attached hydrogen (secondary N) is 1. The highest BCUT2D eigenvalue weighted by Crippen LogP contribution is 2.08. The maximum Gasteiger partial charge on any atom is 0.257 e. The van der Waals surface area contributed by atoms with E-state index in [-0.39, 0.29) is 5.91 Å². The van der Waals surface area contributed by atoms with Gasteiger partial charge in [0.15, 0.2) is 0 Å². The predicted molar refractivity (Wildman–Crippen MR) is 87.0 cm³/mol. The molecule has 1 aliphatic heterocycles. The second-order valence-corrected chi connectivity index (χ2v) is 5.60. The van der Waals surface area contributed by atoms with E-state index in [1.807, 2.05) is 17.0 Å². The molecule has 0 unspecified atom stereocenters. The summed E-state index contributed by atoms with van der Waals surface area (Å²) in [5.41, 5.74) is 1.63. The lowest BCUT2D eigenvalue weighted by Gasteiger charge is -2.32. The Balaban J connectivity index is 1.57. The normalized spacial score (nSPS) is 15.4. The Hall–Kier alpha value is -2.54. The SMILES string of the molecule is CN1CCN(C(=O)c2cnc(NCc3ccncc3)nc2)CC1. The molecule has 0 aromatic carbocycles. The summed E-state index contributed by atoms with van der Waals surface area (Å²) in [7, 11) is 2.06. The van der Waals surface area contributed by atoms with Crippen LogP contribution in [-0.4, -0.2) is 63.9 Å². The molecule has 1 amide bonds. The molecule has 0 spiro atoms. The van der Waals surface area contributed by atoms with Crippen LogP contribution in [0.3, 0.4) is 0 Å². The third kappa shape index (κ3) is 4.01. The van der Waals surface area contributed by atoms with Crippen LogP contribution < -0.4 is 5.32 Å². The molecule has 2 aromatic heterocycles. The average Bonchev–Trinajstić information content (AvgIpc) is 2.61. The Bertz CT molecular complexity index is 637. The van der Waals surface area contributed by atoms with Crippen molar-refractivity contribution in [3.8, 4) is 0 Å². The number of likely N-dealkylation sites (N-methyl/N-ethyl adjacent to an activating group) is 1. The smallest absolute Gasteiger partial charge is 0.257 e. The summed E-state index contributed by atoms with van der Waals surface area (Å²) in [6.45, 7) is 3.92. The molecule has 1 fully saturated rings. The van der Waals surface area contributed by atoms with Crippen molar-refractivity contribution in [3.05, 3.63) is 48.0 Å². The Morgan fingerprint density at radius 2 is 1.78 bits per heavy atom. The number of nitrogens with zero attached hydrogens (tertiary/aromatic N) is 5. The number of hydrogen-bond donors (Lipinski definition) is 1. The number of hydrogen-bond acceptors (Lipinski definition) is 6. The van der Waals surface area contributed by atoms with Crippen molar-refractivity contribution in [1.82, 2.24) is 24.8 Å². The van der Waals surface area contributed by atoms with Crippen molar-refractivity contribution in [2.45, 2.75) is 6.54 Å². The fourth-order valence-corrected chi connectivity index (χ4v) is 2.40. The number of carbonyl (C=O) groups excluding carboxylic acids is 1. The molecule has 7 heteroatoms. The van der Waals surface area contributed by atoms with Gasteiger partial charge in [-0.3, -0.25) is 9.78 Å². The molecule has 0 bridgehead atoms. The minimum atomic E-state index is -0.00113. The van der Waals surface area contributed by atoms with Crippen LogP contribution in [0.5, 0.6) is 0 Å². The number of rotatable bonds is 4. The Labute approximate surface area is 135 Å². The van der Waals surface area contributed by atoms with Gasteiger partial charge in [-0.15, -0.1) is 0 Å². The molecule has 0 saturated carbocycles. The zero-order chi connectivity index (χ0) is 16.1. The summed E-state index contributed by atoms with van der Waals surface area (Å²) in [6.07, 6.45) is 6.66. The lowest BCUT2D eigenvalue weighted by molar-refractivity contribution is 0.0663. The maximum absolute atomic E-state index is 12.4. The van der Waals surface area contributed by atoms with Gasteiger partial charge in [0.2, 0.25) is 5.95 Å². The molecule has 0 aliphatic carbocycles. The number of carbonyl (C=O) groups is 1. The van der Waals surface area contributed by atoms with Crippen molar-refractivity contribution in [1.29, 1.82) is 0 Å². The molecule has 0 radical (unpaired) electrons. The van der Waals surface area contributed by atoms with Gasteiger partial charge in [0.25, 0.3) is 5.91 Å². The molecule has 1 saturated heterocycles. The highest BCUT2D eigenvalue weighted by molar-refractivity contribution is 5.93. The van der Waals surface area contributed by atoms with Crippen molar-refractivity contribution >= 4 is 11.9 Å². The summed E-state index contributed by atoms with van der Waals surface area (Å²) in [5, 5.41) is 3.13. The van der Waals surface area contributed by atoms with E-state index in [2.05, 4.69) is 32.2 Å². The summed E-state index contributed by atoms with van der Waals surface area (Å²) in [6, 6.07) is 3.86. The van der Waals surface area contributed by atoms with Crippen molar-refractivity contribution < 1.29 is 4.79 Å². The van der Waals surface area contributed by atoms with Gasteiger partial charge in [-0.25, -0.2) is 9.97 Å². The van der Waals surface area contributed by atoms with Crippen LogP contribution in [0.4, 0.5) is 5.95 Å². The maximum atomic E-state index is 12.4. The quantitative estimate of drug-likeness (QED) is 0.903. The first kappa shape index (κ1) is 15.4. The third-order valence-corrected chi connectivity index (χ3v) is 3.89. The molecular formula is C16H20N6O. The van der Waals surface area contributed by atoms with Crippen LogP contribution in [0.2, 0.25) is 0 Å². The Kier molecular flexibility index (Phi) is 4.77. The van der Waals surface area contributed by atoms with E-state index in [0.29, 0.717) is 18.1 Å². The van der Waals surface area contributed by atoms with Crippen molar-refractivity contribution in [2.75, 3.05) is 38.5 Å². The second-order valence-electron chi connectivity index (χ2n) is 5.60. The number of aromatic nitrogens is 3. The van der Waals surface area contributed by atoms with E-state index in [4.69, 9.17) is 0 Å². The van der Waals surface area contributed by atoms with Gasteiger partial charge in [0.05, 0.1) is 5.56 Å². The topological polar surface area (TPSA) is 74.2 Å². The lowest BCUT2D eigenvalue weighted by Crippen LogP contribution is -2.47. The first-order valence-electron chi connectivity index (χ1n) is 7.65. The van der Waals surface area contributed by atoms with Crippen LogP contribution >= 0.6 is 0 Å². The van der Waals surface area contributed by atoms with Crippen molar-refractivity contribution in [2.24, 2.45) is 0 Å². The highest BCUT2D eigenvalue weighted by atomic mass is 16.2. The Morgan fingerprint density at radius 1 is 1.13 bits per heavy atom. The molecule has 3 heterocycles. The van der Waals surface area contributed by atoms with Crippen LogP contribution in [0.25, 0.3) is 0 Å². The zero-order valence-corrected chi connectivity index (χ0v) is 13.1. The van der Waals surface area contributed by atoms with Crippen LogP contribution in [0.1, 0.15) is 15.9 Å². The summed E-state index contributed by atoms with van der Waals surface area (Å²) in [4.78, 5) is 28.9. The van der Waals surface area contributed by atoms with Gasteiger partial charge in [-0.2, -0.15) is 0 Å². The van der Waals surface area contributed by atoms with E-state index in [9.17, 15) is 4.79 Å². The molecule has 0 atom stereocenters. The van der Waals surface area contributed by atoms with Crippen LogP contribution in [0, 0.1) is 0 Å². The highest BCUT2D eigenvalue weighted by Gasteiger charge is 2.20. The summed E-state index contributed by atoms with van der Waals surface area (Å²) >= 11 is 0. The van der Waals surface area contributed by atoms with Gasteiger partial charge in [0.1, 0.15) is 0 Å². The molecule has 3 rings (SSSR count). The Morgan fingerprint density at radius 3 is 2.43 bits per heavy atom. The average molecular weight is 312 g/mol. The third-order valence-electron chi connectivity index (χ3n) is 3.89. The van der Waals surface area contributed by atoms with Gasteiger partial charge in [-0.05, 0) is 24.7 Å². The lowest BCUT2D eigenvalue weighted by atomic mass is 10.2. The number of pyridine rings is 1. The first-order valence-corrected chi connectivity index (χ1v) is 7.65. The zero-order valence-electron chi connectivity index (χ0n) is 13.1. The fourth-order valence-electron chi connectivity index (χ4n) is 2.40. The van der Waals surface area contributed by atoms with Gasteiger partial charge in [0, 0.05) is 57.5 Å². The molecule has 2 aromatic rings.